The lowest BCUT2D eigenvalue weighted by molar-refractivity contribution is 0.510. The van der Waals surface area contributed by atoms with E-state index in [1.807, 2.05) is 22.6 Å². The molecule has 1 aromatic heterocycles. The SMILES string of the molecule is Fc1cccc(-c2nccc(I)n2)c1F. The molecule has 0 bridgehead atoms. The highest BCUT2D eigenvalue weighted by atomic mass is 127. The van der Waals surface area contributed by atoms with Crippen molar-refractivity contribution in [1.29, 1.82) is 0 Å². The second kappa shape index (κ2) is 4.18. The van der Waals surface area contributed by atoms with Crippen molar-refractivity contribution in [2.24, 2.45) is 0 Å². The summed E-state index contributed by atoms with van der Waals surface area (Å²) in [4.78, 5) is 7.90. The molecule has 0 saturated carbocycles. The van der Waals surface area contributed by atoms with Crippen molar-refractivity contribution in [2.45, 2.75) is 0 Å². The summed E-state index contributed by atoms with van der Waals surface area (Å²) in [6.45, 7) is 0. The lowest BCUT2D eigenvalue weighted by atomic mass is 10.2. The average Bonchev–Trinajstić information content (AvgIpc) is 2.22. The quantitative estimate of drug-likeness (QED) is 0.597. The fraction of sp³-hybridized carbons (Fsp3) is 0. The Morgan fingerprint density at radius 2 is 1.93 bits per heavy atom. The van der Waals surface area contributed by atoms with E-state index in [0.717, 1.165) is 6.07 Å². The number of aromatic nitrogens is 2. The Morgan fingerprint density at radius 1 is 1.13 bits per heavy atom. The van der Waals surface area contributed by atoms with Gasteiger partial charge in [0.05, 0.1) is 5.56 Å². The van der Waals surface area contributed by atoms with E-state index in [1.54, 1.807) is 6.07 Å². The first-order valence-corrected chi connectivity index (χ1v) is 5.19. The van der Waals surface area contributed by atoms with Gasteiger partial charge in [-0.3, -0.25) is 0 Å². The molecule has 2 rings (SSSR count). The van der Waals surface area contributed by atoms with Gasteiger partial charge in [-0.25, -0.2) is 18.7 Å². The highest BCUT2D eigenvalue weighted by Crippen LogP contribution is 2.21. The molecular weight excluding hydrogens is 313 g/mol. The van der Waals surface area contributed by atoms with E-state index < -0.39 is 11.6 Å². The summed E-state index contributed by atoms with van der Waals surface area (Å²) in [5.41, 5.74) is 0.0773. The number of hydrogen-bond acceptors (Lipinski definition) is 2. The van der Waals surface area contributed by atoms with Crippen molar-refractivity contribution in [2.75, 3.05) is 0 Å². The Hall–Kier alpha value is -1.11. The van der Waals surface area contributed by atoms with Crippen molar-refractivity contribution in [3.63, 3.8) is 0 Å². The van der Waals surface area contributed by atoms with Crippen molar-refractivity contribution >= 4 is 22.6 Å². The van der Waals surface area contributed by atoms with E-state index in [4.69, 9.17) is 0 Å². The first-order valence-electron chi connectivity index (χ1n) is 4.11. The van der Waals surface area contributed by atoms with Crippen molar-refractivity contribution in [3.8, 4) is 11.4 Å². The van der Waals surface area contributed by atoms with E-state index in [1.165, 1.54) is 18.3 Å². The fourth-order valence-electron chi connectivity index (χ4n) is 1.14. The maximum Gasteiger partial charge on any atom is 0.169 e. The molecule has 1 heterocycles. The van der Waals surface area contributed by atoms with Crippen molar-refractivity contribution in [3.05, 3.63) is 45.8 Å². The van der Waals surface area contributed by atoms with Crippen LogP contribution in [0, 0.1) is 15.3 Å². The molecule has 0 amide bonds. The zero-order valence-electron chi connectivity index (χ0n) is 7.42. The van der Waals surface area contributed by atoms with Crippen molar-refractivity contribution in [1.82, 2.24) is 9.97 Å². The van der Waals surface area contributed by atoms with Crippen LogP contribution in [0.2, 0.25) is 0 Å². The van der Waals surface area contributed by atoms with E-state index in [0.29, 0.717) is 3.70 Å². The number of rotatable bonds is 1. The van der Waals surface area contributed by atoms with Crippen LogP contribution >= 0.6 is 22.6 Å². The van der Waals surface area contributed by atoms with Gasteiger partial charge >= 0.3 is 0 Å². The van der Waals surface area contributed by atoms with Gasteiger partial charge in [0.2, 0.25) is 0 Å². The fourth-order valence-corrected chi connectivity index (χ4v) is 1.53. The third kappa shape index (κ3) is 2.11. The molecular formula is C10H5F2IN2. The molecule has 0 spiro atoms. The summed E-state index contributed by atoms with van der Waals surface area (Å²) in [7, 11) is 0. The number of hydrogen-bond donors (Lipinski definition) is 0. The molecule has 0 aliphatic rings. The number of halogens is 3. The molecule has 0 aliphatic heterocycles. The molecule has 0 aliphatic carbocycles. The molecule has 76 valence electrons. The van der Waals surface area contributed by atoms with Crippen LogP contribution in [0.4, 0.5) is 8.78 Å². The summed E-state index contributed by atoms with van der Waals surface area (Å²) in [5.74, 6) is -1.62. The third-order valence-electron chi connectivity index (χ3n) is 1.81. The van der Waals surface area contributed by atoms with E-state index >= 15 is 0 Å². The average molecular weight is 318 g/mol. The molecule has 5 heteroatoms. The lowest BCUT2D eigenvalue weighted by Gasteiger charge is -2.02. The monoisotopic (exact) mass is 318 g/mol. The standard InChI is InChI=1S/C10H5F2IN2/c11-7-3-1-2-6(9(7)12)10-14-5-4-8(13)15-10/h1-5H. The number of benzene rings is 1. The zero-order chi connectivity index (χ0) is 10.8. The van der Waals surface area contributed by atoms with Gasteiger partial charge in [-0.1, -0.05) is 6.07 Å². The molecule has 0 saturated heterocycles. The zero-order valence-corrected chi connectivity index (χ0v) is 9.57. The van der Waals surface area contributed by atoms with Crippen LogP contribution < -0.4 is 0 Å². The van der Waals surface area contributed by atoms with Crippen LogP contribution in [0.15, 0.2) is 30.5 Å². The van der Waals surface area contributed by atoms with Crippen LogP contribution in [0.5, 0.6) is 0 Å². The largest absolute Gasteiger partial charge is 0.236 e. The molecule has 0 radical (unpaired) electrons. The third-order valence-corrected chi connectivity index (χ3v) is 2.41. The van der Waals surface area contributed by atoms with Crippen LogP contribution in [-0.4, -0.2) is 9.97 Å². The summed E-state index contributed by atoms with van der Waals surface area (Å²) in [5, 5.41) is 0. The summed E-state index contributed by atoms with van der Waals surface area (Å²) in [6.07, 6.45) is 1.51. The highest BCUT2D eigenvalue weighted by molar-refractivity contribution is 14.1. The Labute approximate surface area is 98.5 Å². The molecule has 15 heavy (non-hydrogen) atoms. The molecule has 1 aromatic carbocycles. The Kier molecular flexibility index (Phi) is 2.90. The predicted octanol–water partition coefficient (Wildman–Crippen LogP) is 3.03. The molecule has 2 nitrogen and oxygen atoms in total. The summed E-state index contributed by atoms with van der Waals surface area (Å²) < 4.78 is 27.0. The van der Waals surface area contributed by atoms with E-state index in [-0.39, 0.29) is 11.4 Å². The van der Waals surface area contributed by atoms with Gasteiger partial charge in [-0.2, -0.15) is 0 Å². The smallest absolute Gasteiger partial charge is 0.169 e. The topological polar surface area (TPSA) is 25.8 Å². The van der Waals surface area contributed by atoms with Crippen LogP contribution in [0.1, 0.15) is 0 Å². The van der Waals surface area contributed by atoms with Crippen LogP contribution in [0.25, 0.3) is 11.4 Å². The Balaban J connectivity index is 2.59. The predicted molar refractivity (Wildman–Crippen MR) is 60.1 cm³/mol. The lowest BCUT2D eigenvalue weighted by Crippen LogP contribution is -1.95. The van der Waals surface area contributed by atoms with Crippen molar-refractivity contribution < 1.29 is 8.78 Å². The second-order valence-corrected chi connectivity index (χ2v) is 3.91. The van der Waals surface area contributed by atoms with Gasteiger partial charge in [-0.15, -0.1) is 0 Å². The van der Waals surface area contributed by atoms with E-state index in [9.17, 15) is 8.78 Å². The Bertz CT molecular complexity index is 503. The minimum Gasteiger partial charge on any atom is -0.236 e. The summed E-state index contributed by atoms with van der Waals surface area (Å²) in [6, 6.07) is 5.62. The molecule has 0 unspecified atom stereocenters. The Morgan fingerprint density at radius 3 is 2.67 bits per heavy atom. The second-order valence-electron chi connectivity index (χ2n) is 2.80. The molecule has 0 fully saturated rings. The molecule has 2 aromatic rings. The number of nitrogens with zero attached hydrogens (tertiary/aromatic N) is 2. The minimum atomic E-state index is -0.917. The molecule has 0 atom stereocenters. The highest BCUT2D eigenvalue weighted by Gasteiger charge is 2.11. The maximum atomic E-state index is 13.4. The minimum absolute atomic E-state index is 0.0773. The van der Waals surface area contributed by atoms with Crippen LogP contribution in [0.3, 0.4) is 0 Å². The summed E-state index contributed by atoms with van der Waals surface area (Å²) >= 11 is 1.99. The van der Waals surface area contributed by atoms with Gasteiger partial charge < -0.3 is 0 Å². The van der Waals surface area contributed by atoms with E-state index in [2.05, 4.69) is 9.97 Å². The first kappa shape index (κ1) is 10.4. The normalized spacial score (nSPS) is 10.3. The van der Waals surface area contributed by atoms with Gasteiger partial charge in [0, 0.05) is 6.20 Å². The van der Waals surface area contributed by atoms with Crippen LogP contribution in [-0.2, 0) is 0 Å². The maximum absolute atomic E-state index is 13.4. The van der Waals surface area contributed by atoms with Gasteiger partial charge in [-0.05, 0) is 40.8 Å². The van der Waals surface area contributed by atoms with Gasteiger partial charge in [0.1, 0.15) is 3.70 Å². The molecule has 0 N–H and O–H groups in total. The van der Waals surface area contributed by atoms with Gasteiger partial charge in [0.15, 0.2) is 17.5 Å². The van der Waals surface area contributed by atoms with Gasteiger partial charge in [0.25, 0.3) is 0 Å². The first-order chi connectivity index (χ1) is 7.18.